The molecule has 1 fully saturated rings. The molecular weight excluding hydrogens is 564 g/mol. The second-order valence-corrected chi connectivity index (χ2v) is 12.5. The third-order valence-corrected chi connectivity index (χ3v) is 7.61. The van der Waals surface area contributed by atoms with Gasteiger partial charge < -0.3 is 19.3 Å². The molecule has 6 heteroatoms. The Morgan fingerprint density at radius 2 is 1.11 bits per heavy atom. The number of hydrogen-bond acceptors (Lipinski definition) is 6. The molecule has 1 aliphatic heterocycles. The molecular formula is C39H64O6. The van der Waals surface area contributed by atoms with Gasteiger partial charge in [0.2, 0.25) is 0 Å². The van der Waals surface area contributed by atoms with Crippen molar-refractivity contribution in [3.63, 3.8) is 0 Å². The van der Waals surface area contributed by atoms with E-state index in [2.05, 4.69) is 69.4 Å². The van der Waals surface area contributed by atoms with E-state index in [-0.39, 0.29) is 31.6 Å². The maximum Gasteiger partial charge on any atom is 0.306 e. The van der Waals surface area contributed by atoms with Crippen LogP contribution in [0.2, 0.25) is 0 Å². The van der Waals surface area contributed by atoms with Crippen LogP contribution in [-0.2, 0) is 23.8 Å². The maximum absolute atomic E-state index is 11.9. The quantitative estimate of drug-likeness (QED) is 0.0384. The molecule has 0 bridgehead atoms. The molecule has 1 heterocycles. The van der Waals surface area contributed by atoms with Crippen LogP contribution in [0, 0.1) is 5.92 Å². The highest BCUT2D eigenvalue weighted by Gasteiger charge is 2.35. The van der Waals surface area contributed by atoms with Crippen LogP contribution in [0.3, 0.4) is 0 Å². The van der Waals surface area contributed by atoms with Crippen molar-refractivity contribution < 1.29 is 28.9 Å². The summed E-state index contributed by atoms with van der Waals surface area (Å²) < 4.78 is 15.9. The molecule has 0 aromatic heterocycles. The highest BCUT2D eigenvalue weighted by Crippen LogP contribution is 2.29. The third kappa shape index (κ3) is 27.6. The molecule has 0 radical (unpaired) electrons. The summed E-state index contributed by atoms with van der Waals surface area (Å²) in [5.74, 6) is 0.129. The molecule has 0 amide bonds. The van der Waals surface area contributed by atoms with Crippen molar-refractivity contribution in [2.75, 3.05) is 13.2 Å². The number of aliphatic hydroxyl groups is 1. The van der Waals surface area contributed by atoms with Crippen LogP contribution in [-0.4, -0.2) is 48.6 Å². The average Bonchev–Trinajstić information content (AvgIpc) is 3.77. The standard InChI is InChI=1S/C39H64O6/c1-4-5-22-28-36-37(45-36)29-24-19-15-10-8-6-7-9-11-16-20-25-30-38(41)43-32-35(40)33-44-39(42)31-26-21-17-13-12-14-18-23-27-34(2)3/h5,7-10,16,19-20,22,24,34-37,40H,4,6,11-15,17-18,21,23,25-33H2,1-3H3/b9-7-,10-8-,20-16-,22-5-,24-19-/t35-,36?,37?/m1/s1. The number of aliphatic hydroxyl groups excluding tert-OH is 1. The molecule has 0 aliphatic carbocycles. The first-order valence-corrected chi connectivity index (χ1v) is 17.8. The first-order chi connectivity index (χ1) is 21.9. The number of epoxide rings is 1. The van der Waals surface area contributed by atoms with Crippen molar-refractivity contribution in [2.45, 2.75) is 155 Å². The number of rotatable bonds is 29. The molecule has 1 saturated heterocycles. The first kappa shape index (κ1) is 40.6. The van der Waals surface area contributed by atoms with Crippen LogP contribution in [0.15, 0.2) is 60.8 Å². The minimum atomic E-state index is -0.998. The lowest BCUT2D eigenvalue weighted by Gasteiger charge is -2.12. The smallest absolute Gasteiger partial charge is 0.306 e. The van der Waals surface area contributed by atoms with E-state index in [1.165, 1.54) is 38.5 Å². The van der Waals surface area contributed by atoms with Gasteiger partial charge >= 0.3 is 11.9 Å². The highest BCUT2D eigenvalue weighted by atomic mass is 16.6. The number of unbranched alkanes of at least 4 members (excludes halogenated alkanes) is 7. The van der Waals surface area contributed by atoms with E-state index in [9.17, 15) is 14.7 Å². The highest BCUT2D eigenvalue weighted by molar-refractivity contribution is 5.70. The minimum absolute atomic E-state index is 0.145. The molecule has 1 N–H and O–H groups in total. The fourth-order valence-electron chi connectivity index (χ4n) is 4.81. The van der Waals surface area contributed by atoms with Gasteiger partial charge in [0.05, 0.1) is 12.2 Å². The van der Waals surface area contributed by atoms with E-state index in [1.54, 1.807) is 0 Å². The minimum Gasteiger partial charge on any atom is -0.463 e. The summed E-state index contributed by atoms with van der Waals surface area (Å²) in [6.07, 6.45) is 39.0. The second-order valence-electron chi connectivity index (χ2n) is 12.5. The number of esters is 2. The van der Waals surface area contributed by atoms with E-state index in [4.69, 9.17) is 14.2 Å². The topological polar surface area (TPSA) is 85.4 Å². The second kappa shape index (κ2) is 29.0. The molecule has 6 nitrogen and oxygen atoms in total. The molecule has 256 valence electrons. The molecule has 2 unspecified atom stereocenters. The summed E-state index contributed by atoms with van der Waals surface area (Å²) in [4.78, 5) is 23.8. The van der Waals surface area contributed by atoms with Gasteiger partial charge in [-0.3, -0.25) is 9.59 Å². The van der Waals surface area contributed by atoms with E-state index in [0.717, 1.165) is 63.7 Å². The number of ether oxygens (including phenoxy) is 3. The van der Waals surface area contributed by atoms with Gasteiger partial charge in [-0.25, -0.2) is 0 Å². The van der Waals surface area contributed by atoms with Gasteiger partial charge in [0.1, 0.15) is 19.3 Å². The molecule has 3 atom stereocenters. The SMILES string of the molecule is CC/C=C\CC1OC1C/C=C\C/C=C\C/C=C\C/C=C\CCC(=O)OC[C@@H](O)COC(=O)CCCCCCCCCCC(C)C. The summed E-state index contributed by atoms with van der Waals surface area (Å²) in [5, 5.41) is 9.96. The van der Waals surface area contributed by atoms with E-state index >= 15 is 0 Å². The zero-order chi connectivity index (χ0) is 32.8. The van der Waals surface area contributed by atoms with E-state index < -0.39 is 6.10 Å². The van der Waals surface area contributed by atoms with Crippen LogP contribution >= 0.6 is 0 Å². The van der Waals surface area contributed by atoms with Gasteiger partial charge in [-0.1, -0.05) is 133 Å². The Morgan fingerprint density at radius 3 is 1.67 bits per heavy atom. The predicted molar refractivity (Wildman–Crippen MR) is 186 cm³/mol. The van der Waals surface area contributed by atoms with Gasteiger partial charge in [0, 0.05) is 12.8 Å². The molecule has 0 spiro atoms. The lowest BCUT2D eigenvalue weighted by Crippen LogP contribution is -2.25. The van der Waals surface area contributed by atoms with Gasteiger partial charge in [-0.15, -0.1) is 0 Å². The fraction of sp³-hybridized carbons (Fsp3) is 0.692. The predicted octanol–water partition coefficient (Wildman–Crippen LogP) is 9.68. The van der Waals surface area contributed by atoms with Crippen molar-refractivity contribution >= 4 is 11.9 Å². The summed E-state index contributed by atoms with van der Waals surface area (Å²) in [5.41, 5.74) is 0. The lowest BCUT2D eigenvalue weighted by molar-refractivity contribution is -0.152. The molecule has 45 heavy (non-hydrogen) atoms. The molecule has 0 aromatic rings. The normalized spacial score (nSPS) is 17.5. The van der Waals surface area contributed by atoms with Gasteiger partial charge in [0.15, 0.2) is 0 Å². The Balaban J connectivity index is 1.90. The van der Waals surface area contributed by atoms with Crippen LogP contribution in [0.25, 0.3) is 0 Å². The van der Waals surface area contributed by atoms with E-state index in [1.807, 2.05) is 12.2 Å². The summed E-state index contributed by atoms with van der Waals surface area (Å²) in [6, 6.07) is 0. The van der Waals surface area contributed by atoms with Crippen LogP contribution < -0.4 is 0 Å². The number of carbonyl (C=O) groups excluding carboxylic acids is 2. The summed E-state index contributed by atoms with van der Waals surface area (Å²) >= 11 is 0. The largest absolute Gasteiger partial charge is 0.463 e. The van der Waals surface area contributed by atoms with Gasteiger partial charge in [0.25, 0.3) is 0 Å². The average molecular weight is 629 g/mol. The van der Waals surface area contributed by atoms with Crippen molar-refractivity contribution in [3.8, 4) is 0 Å². The Morgan fingerprint density at radius 1 is 0.644 bits per heavy atom. The van der Waals surface area contributed by atoms with Crippen molar-refractivity contribution in [3.05, 3.63) is 60.8 Å². The fourth-order valence-corrected chi connectivity index (χ4v) is 4.81. The zero-order valence-electron chi connectivity index (χ0n) is 28.7. The zero-order valence-corrected chi connectivity index (χ0v) is 28.7. The first-order valence-electron chi connectivity index (χ1n) is 17.8. The van der Waals surface area contributed by atoms with E-state index in [0.29, 0.717) is 25.0 Å². The Hall–Kier alpha value is -2.44. The molecule has 1 aliphatic rings. The van der Waals surface area contributed by atoms with Crippen LogP contribution in [0.5, 0.6) is 0 Å². The van der Waals surface area contributed by atoms with Crippen LogP contribution in [0.1, 0.15) is 136 Å². The lowest BCUT2D eigenvalue weighted by atomic mass is 10.0. The summed E-state index contributed by atoms with van der Waals surface area (Å²) in [6.45, 7) is 6.39. The molecule has 1 rings (SSSR count). The summed E-state index contributed by atoms with van der Waals surface area (Å²) in [7, 11) is 0. The van der Waals surface area contributed by atoms with Crippen LogP contribution in [0.4, 0.5) is 0 Å². The maximum atomic E-state index is 11.9. The Kier molecular flexibility index (Phi) is 26.1. The Labute approximate surface area is 275 Å². The number of allylic oxidation sites excluding steroid dienone is 8. The van der Waals surface area contributed by atoms with Crippen molar-refractivity contribution in [2.24, 2.45) is 5.92 Å². The Bertz CT molecular complexity index is 884. The monoisotopic (exact) mass is 628 g/mol. The third-order valence-electron chi connectivity index (χ3n) is 7.61. The molecule has 0 saturated carbocycles. The van der Waals surface area contributed by atoms with Crippen molar-refractivity contribution in [1.29, 1.82) is 0 Å². The molecule has 0 aromatic carbocycles. The van der Waals surface area contributed by atoms with Gasteiger partial charge in [-0.2, -0.15) is 0 Å². The van der Waals surface area contributed by atoms with Crippen molar-refractivity contribution in [1.82, 2.24) is 0 Å². The van der Waals surface area contributed by atoms with Gasteiger partial charge in [-0.05, 0) is 57.3 Å². The number of hydrogen-bond donors (Lipinski definition) is 1. The number of carbonyl (C=O) groups is 2.